The number of benzene rings is 6. The Kier molecular flexibility index (Phi) is 8.39. The largest absolute Gasteiger partial charge is 0.354 e. The predicted molar refractivity (Wildman–Crippen MR) is 183 cm³/mol. The molecule has 0 heterocycles. The average molecular weight is 566 g/mol. The number of aryl methyl sites for hydroxylation is 2. The summed E-state index contributed by atoms with van der Waals surface area (Å²) < 4.78 is 0. The fourth-order valence-electron chi connectivity index (χ4n) is 5.20. The molecular formula is C38H33NP2. The summed E-state index contributed by atoms with van der Waals surface area (Å²) in [4.78, 5) is 0. The molecule has 0 radical (unpaired) electrons. The molecule has 0 unspecified atom stereocenters. The van der Waals surface area contributed by atoms with Gasteiger partial charge < -0.3 is 5.32 Å². The van der Waals surface area contributed by atoms with Crippen LogP contribution in [-0.4, -0.2) is 0 Å². The minimum absolute atomic E-state index is 0.753. The molecule has 0 bridgehead atoms. The van der Waals surface area contributed by atoms with Gasteiger partial charge in [-0.25, -0.2) is 0 Å². The van der Waals surface area contributed by atoms with E-state index in [1.54, 1.807) is 0 Å². The van der Waals surface area contributed by atoms with E-state index in [1.807, 2.05) is 0 Å². The smallest absolute Gasteiger partial charge is 0.0471 e. The Labute approximate surface area is 246 Å². The third kappa shape index (κ3) is 6.18. The fourth-order valence-corrected chi connectivity index (χ4v) is 9.96. The standard InChI is InChI=1S/C38H33NP2/c1-29-23-25-37(40(31-15-7-3-8-16-31)32-17-9-4-10-18-32)35(27-29)39-36-28-30(2)24-26-38(36)41(33-19-11-5-12-20-33)34-21-13-6-14-22-34/h3-28,39H,1-2H3. The zero-order valence-electron chi connectivity index (χ0n) is 23.4. The van der Waals surface area contributed by atoms with E-state index in [4.69, 9.17) is 0 Å². The summed E-state index contributed by atoms with van der Waals surface area (Å²) in [5.74, 6) is 0. The molecular weight excluding hydrogens is 532 g/mol. The second kappa shape index (κ2) is 12.7. The number of anilines is 2. The summed E-state index contributed by atoms with van der Waals surface area (Å²) >= 11 is 0. The van der Waals surface area contributed by atoms with Crippen molar-refractivity contribution in [2.24, 2.45) is 0 Å². The molecule has 0 aliphatic rings. The van der Waals surface area contributed by atoms with E-state index in [0.717, 1.165) is 0 Å². The first kappa shape index (κ1) is 27.2. The van der Waals surface area contributed by atoms with E-state index >= 15 is 0 Å². The van der Waals surface area contributed by atoms with Crippen molar-refractivity contribution in [1.82, 2.24) is 0 Å². The Morgan fingerprint density at radius 3 is 0.951 bits per heavy atom. The van der Waals surface area contributed by atoms with Gasteiger partial charge in [-0.1, -0.05) is 146 Å². The van der Waals surface area contributed by atoms with Gasteiger partial charge in [0.25, 0.3) is 0 Å². The third-order valence-electron chi connectivity index (χ3n) is 7.11. The molecule has 200 valence electrons. The third-order valence-corrected chi connectivity index (χ3v) is 12.1. The molecule has 0 atom stereocenters. The quantitative estimate of drug-likeness (QED) is 0.188. The monoisotopic (exact) mass is 565 g/mol. The van der Waals surface area contributed by atoms with Crippen LogP contribution in [0.2, 0.25) is 0 Å². The van der Waals surface area contributed by atoms with Crippen molar-refractivity contribution < 1.29 is 0 Å². The summed E-state index contributed by atoms with van der Waals surface area (Å²) in [5.41, 5.74) is 4.84. The maximum absolute atomic E-state index is 4.00. The molecule has 0 saturated carbocycles. The van der Waals surface area contributed by atoms with E-state index in [-0.39, 0.29) is 0 Å². The molecule has 0 aliphatic heterocycles. The molecule has 6 aromatic rings. The van der Waals surface area contributed by atoms with Crippen LogP contribution < -0.4 is 37.1 Å². The van der Waals surface area contributed by atoms with Crippen LogP contribution in [0, 0.1) is 13.8 Å². The molecule has 0 saturated heterocycles. The van der Waals surface area contributed by atoms with Crippen LogP contribution in [-0.2, 0) is 0 Å². The fraction of sp³-hybridized carbons (Fsp3) is 0.0526. The van der Waals surface area contributed by atoms with Crippen LogP contribution in [0.15, 0.2) is 158 Å². The zero-order valence-corrected chi connectivity index (χ0v) is 25.2. The van der Waals surface area contributed by atoms with Gasteiger partial charge in [-0.3, -0.25) is 0 Å². The van der Waals surface area contributed by atoms with Crippen molar-refractivity contribution >= 4 is 59.0 Å². The van der Waals surface area contributed by atoms with E-state index in [2.05, 4.69) is 177 Å². The number of rotatable bonds is 8. The Bertz CT molecular complexity index is 1510. The van der Waals surface area contributed by atoms with Crippen molar-refractivity contribution in [2.75, 3.05) is 5.32 Å². The summed E-state index contributed by atoms with van der Waals surface area (Å²) in [5, 5.41) is 12.1. The van der Waals surface area contributed by atoms with Gasteiger partial charge >= 0.3 is 0 Å². The predicted octanol–water partition coefficient (Wildman–Crippen LogP) is 7.56. The van der Waals surface area contributed by atoms with Gasteiger partial charge in [0.2, 0.25) is 0 Å². The molecule has 0 fully saturated rings. The Hall–Kier alpha value is -4.02. The lowest BCUT2D eigenvalue weighted by Gasteiger charge is -2.26. The molecule has 1 nitrogen and oxygen atoms in total. The average Bonchev–Trinajstić information content (AvgIpc) is 3.02. The van der Waals surface area contributed by atoms with E-state index in [9.17, 15) is 0 Å². The molecule has 0 aliphatic carbocycles. The van der Waals surface area contributed by atoms with Crippen LogP contribution >= 0.6 is 15.8 Å². The molecule has 0 aromatic heterocycles. The molecule has 41 heavy (non-hydrogen) atoms. The Morgan fingerprint density at radius 1 is 0.366 bits per heavy atom. The van der Waals surface area contributed by atoms with Crippen LogP contribution in [0.3, 0.4) is 0 Å². The first-order valence-corrected chi connectivity index (χ1v) is 16.6. The van der Waals surface area contributed by atoms with E-state index < -0.39 is 15.8 Å². The van der Waals surface area contributed by atoms with Gasteiger partial charge in [-0.15, -0.1) is 0 Å². The van der Waals surface area contributed by atoms with Crippen molar-refractivity contribution in [3.05, 3.63) is 169 Å². The van der Waals surface area contributed by atoms with Crippen molar-refractivity contribution in [2.45, 2.75) is 13.8 Å². The Morgan fingerprint density at radius 2 is 0.659 bits per heavy atom. The highest BCUT2D eigenvalue weighted by Gasteiger charge is 2.23. The molecule has 6 rings (SSSR count). The van der Waals surface area contributed by atoms with E-state index in [1.165, 1.54) is 54.3 Å². The van der Waals surface area contributed by atoms with Crippen molar-refractivity contribution in [1.29, 1.82) is 0 Å². The summed E-state index contributed by atoms with van der Waals surface area (Å²) in [7, 11) is -1.51. The number of hydrogen-bond donors (Lipinski definition) is 1. The van der Waals surface area contributed by atoms with Gasteiger partial charge in [0.05, 0.1) is 0 Å². The van der Waals surface area contributed by atoms with Crippen LogP contribution in [0.4, 0.5) is 11.4 Å². The summed E-state index contributed by atoms with van der Waals surface area (Å²) in [6.45, 7) is 4.36. The van der Waals surface area contributed by atoms with Gasteiger partial charge in [0, 0.05) is 22.0 Å². The highest BCUT2D eigenvalue weighted by atomic mass is 31.1. The van der Waals surface area contributed by atoms with Crippen LogP contribution in [0.1, 0.15) is 11.1 Å². The molecule has 0 spiro atoms. The Balaban J connectivity index is 1.51. The highest BCUT2D eigenvalue weighted by Crippen LogP contribution is 2.39. The zero-order chi connectivity index (χ0) is 28.0. The van der Waals surface area contributed by atoms with Crippen LogP contribution in [0.5, 0.6) is 0 Å². The van der Waals surface area contributed by atoms with Crippen LogP contribution in [0.25, 0.3) is 0 Å². The maximum atomic E-state index is 4.00. The van der Waals surface area contributed by atoms with Crippen molar-refractivity contribution in [3.63, 3.8) is 0 Å². The van der Waals surface area contributed by atoms with E-state index in [0.29, 0.717) is 0 Å². The highest BCUT2D eigenvalue weighted by molar-refractivity contribution is 7.80. The lowest BCUT2D eigenvalue weighted by molar-refractivity contribution is 1.45. The van der Waals surface area contributed by atoms with Crippen molar-refractivity contribution in [3.8, 4) is 0 Å². The SMILES string of the molecule is Cc1ccc(P(c2ccccc2)c2ccccc2)c(Nc2cc(C)ccc2P(c2ccccc2)c2ccccc2)c1. The molecule has 1 N–H and O–H groups in total. The van der Waals surface area contributed by atoms with Gasteiger partial charge in [-0.2, -0.15) is 0 Å². The maximum Gasteiger partial charge on any atom is 0.0471 e. The lowest BCUT2D eigenvalue weighted by Crippen LogP contribution is -2.25. The van der Waals surface area contributed by atoms with Gasteiger partial charge in [0.1, 0.15) is 0 Å². The minimum Gasteiger partial charge on any atom is -0.354 e. The lowest BCUT2D eigenvalue weighted by atomic mass is 10.2. The molecule has 0 amide bonds. The topological polar surface area (TPSA) is 12.0 Å². The van der Waals surface area contributed by atoms with Gasteiger partial charge in [-0.05, 0) is 74.2 Å². The summed E-state index contributed by atoms with van der Waals surface area (Å²) in [6.07, 6.45) is 0. The second-order valence-electron chi connectivity index (χ2n) is 10.2. The van der Waals surface area contributed by atoms with Gasteiger partial charge in [0.15, 0.2) is 0 Å². The molecule has 3 heteroatoms. The number of hydrogen-bond acceptors (Lipinski definition) is 1. The molecule has 6 aromatic carbocycles. The first-order valence-electron chi connectivity index (χ1n) is 14.0. The first-order chi connectivity index (χ1) is 20.2. The normalized spacial score (nSPS) is 11.1. The second-order valence-corrected chi connectivity index (χ2v) is 14.6. The number of nitrogens with one attached hydrogen (secondary N) is 1. The minimum atomic E-state index is -0.753. The summed E-state index contributed by atoms with van der Waals surface area (Å²) in [6, 6.07) is 57.6.